The number of amides is 1. The van der Waals surface area contributed by atoms with Crippen molar-refractivity contribution in [3.05, 3.63) is 95.8 Å². The number of unbranched alkanes of at least 4 members (excludes halogenated alkanes) is 1. The summed E-state index contributed by atoms with van der Waals surface area (Å²) < 4.78 is 8.04. The lowest BCUT2D eigenvalue weighted by atomic mass is 10.1. The molecular weight excluding hydrogens is 398 g/mol. The minimum atomic E-state index is -0.212. The van der Waals surface area contributed by atoms with Gasteiger partial charge in [-0.25, -0.2) is 4.98 Å². The van der Waals surface area contributed by atoms with Gasteiger partial charge in [-0.2, -0.15) is 0 Å². The molecule has 1 N–H and O–H groups in total. The number of carbonyl (C=O) groups excluding carboxylic acids is 1. The number of para-hydroxylation sites is 3. The summed E-state index contributed by atoms with van der Waals surface area (Å²) in [6.45, 7) is 5.47. The van der Waals surface area contributed by atoms with Crippen molar-refractivity contribution in [1.29, 1.82) is 0 Å². The Kier molecular flexibility index (Phi) is 6.85. The average molecular weight is 428 g/mol. The molecule has 0 aliphatic carbocycles. The fraction of sp³-hybridized carbons (Fsp3) is 0.259. The summed E-state index contributed by atoms with van der Waals surface area (Å²) in [6.07, 6.45) is 1.89. The van der Waals surface area contributed by atoms with E-state index in [2.05, 4.69) is 16.0 Å². The zero-order chi connectivity index (χ0) is 22.3. The van der Waals surface area contributed by atoms with Crippen molar-refractivity contribution in [3.8, 4) is 5.75 Å². The minimum Gasteiger partial charge on any atom is -0.494 e. The third kappa shape index (κ3) is 5.17. The molecule has 164 valence electrons. The first-order valence-corrected chi connectivity index (χ1v) is 11.1. The number of hydrogen-bond acceptors (Lipinski definition) is 3. The summed E-state index contributed by atoms with van der Waals surface area (Å²) in [5.74, 6) is 1.68. The number of fused-ring (bicyclic) bond motifs is 1. The number of imidazole rings is 1. The van der Waals surface area contributed by atoms with Crippen LogP contribution >= 0.6 is 0 Å². The van der Waals surface area contributed by atoms with Gasteiger partial charge in [0.05, 0.1) is 23.7 Å². The molecule has 0 saturated heterocycles. The third-order valence-corrected chi connectivity index (χ3v) is 5.49. The Morgan fingerprint density at radius 3 is 2.59 bits per heavy atom. The maximum atomic E-state index is 12.8. The van der Waals surface area contributed by atoms with Crippen molar-refractivity contribution in [2.75, 3.05) is 6.61 Å². The van der Waals surface area contributed by atoms with E-state index in [0.29, 0.717) is 12.2 Å². The molecule has 0 spiro atoms. The highest BCUT2D eigenvalue weighted by molar-refractivity contribution is 5.94. The van der Waals surface area contributed by atoms with Crippen LogP contribution in [0.5, 0.6) is 5.75 Å². The van der Waals surface area contributed by atoms with E-state index in [1.54, 1.807) is 0 Å². The fourth-order valence-electron chi connectivity index (χ4n) is 3.87. The van der Waals surface area contributed by atoms with Gasteiger partial charge in [-0.15, -0.1) is 0 Å². The van der Waals surface area contributed by atoms with E-state index < -0.39 is 0 Å². The smallest absolute Gasteiger partial charge is 0.251 e. The Morgan fingerprint density at radius 2 is 1.78 bits per heavy atom. The Balaban J connectivity index is 1.44. The van der Waals surface area contributed by atoms with Crippen molar-refractivity contribution >= 4 is 16.9 Å². The summed E-state index contributed by atoms with van der Waals surface area (Å²) in [7, 11) is 0. The molecule has 0 fully saturated rings. The molecular formula is C27H29N3O2. The lowest BCUT2D eigenvalue weighted by molar-refractivity contribution is 0.0937. The van der Waals surface area contributed by atoms with Crippen molar-refractivity contribution in [2.45, 2.75) is 39.3 Å². The molecule has 1 amide bonds. The fourth-order valence-corrected chi connectivity index (χ4v) is 3.87. The van der Waals surface area contributed by atoms with Crippen LogP contribution in [-0.4, -0.2) is 22.1 Å². The van der Waals surface area contributed by atoms with Gasteiger partial charge >= 0.3 is 0 Å². The molecule has 4 rings (SSSR count). The van der Waals surface area contributed by atoms with Crippen LogP contribution in [-0.2, 0) is 6.54 Å². The van der Waals surface area contributed by atoms with E-state index in [1.165, 1.54) is 0 Å². The van der Waals surface area contributed by atoms with Crippen molar-refractivity contribution in [3.63, 3.8) is 0 Å². The zero-order valence-electron chi connectivity index (χ0n) is 18.6. The minimum absolute atomic E-state index is 0.0870. The van der Waals surface area contributed by atoms with E-state index in [4.69, 9.17) is 9.72 Å². The van der Waals surface area contributed by atoms with E-state index >= 15 is 0 Å². The summed E-state index contributed by atoms with van der Waals surface area (Å²) in [6, 6.07) is 25.4. The molecule has 1 heterocycles. The summed E-state index contributed by atoms with van der Waals surface area (Å²) in [4.78, 5) is 17.6. The number of hydrogen-bond donors (Lipinski definition) is 1. The van der Waals surface area contributed by atoms with Crippen molar-refractivity contribution < 1.29 is 9.53 Å². The molecule has 1 aromatic heterocycles. The van der Waals surface area contributed by atoms with Gasteiger partial charge in [0.1, 0.15) is 11.6 Å². The summed E-state index contributed by atoms with van der Waals surface area (Å²) in [5, 5.41) is 3.12. The number of benzene rings is 3. The van der Waals surface area contributed by atoms with Gasteiger partial charge in [-0.05, 0) is 63.1 Å². The monoisotopic (exact) mass is 427 g/mol. The number of carbonyl (C=O) groups is 1. The van der Waals surface area contributed by atoms with Gasteiger partial charge < -0.3 is 14.6 Å². The van der Waals surface area contributed by atoms with Gasteiger partial charge in [0.25, 0.3) is 5.91 Å². The Hall–Kier alpha value is -3.60. The Morgan fingerprint density at radius 1 is 1.00 bits per heavy atom. The molecule has 1 unspecified atom stereocenters. The van der Waals surface area contributed by atoms with Crippen LogP contribution in [0.4, 0.5) is 0 Å². The number of ether oxygens (including phenoxy) is 1. The predicted molar refractivity (Wildman–Crippen MR) is 128 cm³/mol. The van der Waals surface area contributed by atoms with E-state index in [1.807, 2.05) is 86.6 Å². The number of rotatable bonds is 9. The van der Waals surface area contributed by atoms with Crippen LogP contribution in [0.25, 0.3) is 11.0 Å². The second-order valence-electron chi connectivity index (χ2n) is 8.04. The third-order valence-electron chi connectivity index (χ3n) is 5.49. The number of nitrogens with zero attached hydrogens (tertiary/aromatic N) is 2. The van der Waals surface area contributed by atoms with Gasteiger partial charge in [-0.1, -0.05) is 48.0 Å². The van der Waals surface area contributed by atoms with Crippen molar-refractivity contribution in [2.24, 2.45) is 0 Å². The Labute approximate surface area is 189 Å². The first-order valence-electron chi connectivity index (χ1n) is 11.1. The van der Waals surface area contributed by atoms with E-state index in [-0.39, 0.29) is 11.9 Å². The maximum absolute atomic E-state index is 12.8. The highest BCUT2D eigenvalue weighted by Gasteiger charge is 2.19. The topological polar surface area (TPSA) is 56.2 Å². The first kappa shape index (κ1) is 21.6. The zero-order valence-corrected chi connectivity index (χ0v) is 18.6. The normalized spacial score (nSPS) is 11.9. The second kappa shape index (κ2) is 10.1. The number of nitrogens with one attached hydrogen (secondary N) is 1. The number of aryl methyl sites for hydroxylation is 2. The molecule has 0 bridgehead atoms. The molecule has 1 atom stereocenters. The molecule has 4 aromatic rings. The highest BCUT2D eigenvalue weighted by atomic mass is 16.5. The highest BCUT2D eigenvalue weighted by Crippen LogP contribution is 2.22. The lowest BCUT2D eigenvalue weighted by Gasteiger charge is -2.17. The molecule has 0 radical (unpaired) electrons. The maximum Gasteiger partial charge on any atom is 0.251 e. The molecule has 0 aliphatic heterocycles. The van der Waals surface area contributed by atoms with Crippen LogP contribution in [0.2, 0.25) is 0 Å². The largest absolute Gasteiger partial charge is 0.494 e. The molecule has 5 heteroatoms. The van der Waals surface area contributed by atoms with Gasteiger partial charge in [-0.3, -0.25) is 4.79 Å². The molecule has 0 saturated carbocycles. The molecule has 3 aromatic carbocycles. The van der Waals surface area contributed by atoms with Gasteiger partial charge in [0.2, 0.25) is 0 Å². The van der Waals surface area contributed by atoms with Crippen LogP contribution in [0.1, 0.15) is 47.6 Å². The van der Waals surface area contributed by atoms with Crippen molar-refractivity contribution in [1.82, 2.24) is 14.9 Å². The predicted octanol–water partition coefficient (Wildman–Crippen LogP) is 5.69. The van der Waals surface area contributed by atoms with E-state index in [9.17, 15) is 4.79 Å². The number of aromatic nitrogens is 2. The molecule has 32 heavy (non-hydrogen) atoms. The average Bonchev–Trinajstić information content (AvgIpc) is 3.18. The molecule has 0 aliphatic rings. The van der Waals surface area contributed by atoms with Crippen LogP contribution in [0.3, 0.4) is 0 Å². The van der Waals surface area contributed by atoms with Crippen LogP contribution < -0.4 is 10.1 Å². The van der Waals surface area contributed by atoms with Gasteiger partial charge in [0.15, 0.2) is 0 Å². The summed E-state index contributed by atoms with van der Waals surface area (Å²) >= 11 is 0. The SMILES string of the molecule is Cc1cccc(C(=O)NC(C)c2nc3ccccc3n2CCCCOc2ccccc2)c1. The van der Waals surface area contributed by atoms with Crippen LogP contribution in [0.15, 0.2) is 78.9 Å². The second-order valence-corrected chi connectivity index (χ2v) is 8.04. The summed E-state index contributed by atoms with van der Waals surface area (Å²) in [5.41, 5.74) is 3.76. The van der Waals surface area contributed by atoms with Crippen LogP contribution in [0, 0.1) is 6.92 Å². The van der Waals surface area contributed by atoms with E-state index in [0.717, 1.165) is 47.6 Å². The lowest BCUT2D eigenvalue weighted by Crippen LogP contribution is -2.28. The van der Waals surface area contributed by atoms with Gasteiger partial charge in [0, 0.05) is 12.1 Å². The Bertz CT molecular complexity index is 1180. The standard InChI is InChI=1S/C27H29N3O2/c1-20-11-10-12-22(19-20)27(31)28-21(2)26-29-24-15-6-7-16-25(24)30(26)17-8-9-18-32-23-13-4-3-5-14-23/h3-7,10-16,19,21H,8-9,17-18H2,1-2H3,(H,28,31). The molecule has 5 nitrogen and oxygen atoms in total. The first-order chi connectivity index (χ1) is 15.6. The quantitative estimate of drug-likeness (QED) is 0.349.